The summed E-state index contributed by atoms with van der Waals surface area (Å²) in [7, 11) is 1.59. The fraction of sp³-hybridized carbons (Fsp3) is 0.545. The molecule has 0 spiro atoms. The van der Waals surface area contributed by atoms with Gasteiger partial charge < -0.3 is 0 Å². The Morgan fingerprint density at radius 3 is 2.78 bits per heavy atom. The summed E-state index contributed by atoms with van der Waals surface area (Å²) in [6.07, 6.45) is 0.927. The Morgan fingerprint density at radius 2 is 2.33 bits per heavy atom. The number of nitrogens with zero attached hydrogens (tertiary/aromatic N) is 3. The summed E-state index contributed by atoms with van der Waals surface area (Å²) >= 11 is 5.71. The number of rotatable bonds is 7. The van der Waals surface area contributed by atoms with Crippen LogP contribution in [0.15, 0.2) is 18.3 Å². The molecule has 0 amide bonds. The molecule has 1 aromatic heterocycles. The van der Waals surface area contributed by atoms with Crippen molar-refractivity contribution in [3.63, 3.8) is 0 Å². The van der Waals surface area contributed by atoms with Crippen LogP contribution in [-0.4, -0.2) is 41.1 Å². The summed E-state index contributed by atoms with van der Waals surface area (Å²) in [5.41, 5.74) is 0.986. The van der Waals surface area contributed by atoms with Crippen molar-refractivity contribution < 1.29 is 4.92 Å². The Kier molecular flexibility index (Phi) is 5.97. The highest BCUT2D eigenvalue weighted by atomic mass is 35.5. The van der Waals surface area contributed by atoms with Gasteiger partial charge in [-0.3, -0.25) is 20.3 Å². The van der Waals surface area contributed by atoms with Crippen LogP contribution < -0.4 is 5.32 Å². The van der Waals surface area contributed by atoms with Crippen LogP contribution in [0.5, 0.6) is 0 Å². The van der Waals surface area contributed by atoms with Gasteiger partial charge >= 0.3 is 0 Å². The van der Waals surface area contributed by atoms with Crippen molar-refractivity contribution in [1.82, 2.24) is 15.2 Å². The minimum atomic E-state index is -0.759. The summed E-state index contributed by atoms with van der Waals surface area (Å²) < 4.78 is 0. The van der Waals surface area contributed by atoms with E-state index in [1.165, 1.54) is 0 Å². The summed E-state index contributed by atoms with van der Waals surface area (Å²) in [6.45, 7) is 3.67. The highest BCUT2D eigenvalue weighted by molar-refractivity contribution is 6.29. The number of likely N-dealkylation sites (N-methyl/N-ethyl adjacent to an activating group) is 2. The third kappa shape index (κ3) is 4.56. The van der Waals surface area contributed by atoms with E-state index in [1.54, 1.807) is 19.3 Å². The van der Waals surface area contributed by atoms with E-state index in [0.717, 1.165) is 12.1 Å². The van der Waals surface area contributed by atoms with Gasteiger partial charge in [-0.1, -0.05) is 24.6 Å². The first-order valence-corrected chi connectivity index (χ1v) is 6.08. The summed E-state index contributed by atoms with van der Waals surface area (Å²) in [4.78, 5) is 16.4. The van der Waals surface area contributed by atoms with Crippen molar-refractivity contribution in [2.75, 3.05) is 20.1 Å². The summed E-state index contributed by atoms with van der Waals surface area (Å²) in [5, 5.41) is 13.9. The second kappa shape index (κ2) is 7.25. The van der Waals surface area contributed by atoms with Gasteiger partial charge in [0.2, 0.25) is 0 Å². The van der Waals surface area contributed by atoms with E-state index in [-0.39, 0.29) is 4.92 Å². The van der Waals surface area contributed by atoms with Gasteiger partial charge in [0.05, 0.1) is 6.54 Å². The van der Waals surface area contributed by atoms with Crippen LogP contribution in [0.1, 0.15) is 12.5 Å². The highest BCUT2D eigenvalue weighted by Crippen LogP contribution is 2.08. The molecule has 0 aliphatic heterocycles. The first-order valence-electron chi connectivity index (χ1n) is 5.70. The number of hydrogen-bond acceptors (Lipinski definition) is 5. The van der Waals surface area contributed by atoms with Gasteiger partial charge in [-0.25, -0.2) is 4.98 Å². The fourth-order valence-electron chi connectivity index (χ4n) is 1.57. The van der Waals surface area contributed by atoms with Gasteiger partial charge in [0.15, 0.2) is 0 Å². The Morgan fingerprint density at radius 1 is 1.61 bits per heavy atom. The zero-order valence-corrected chi connectivity index (χ0v) is 11.2. The number of nitrogens with one attached hydrogen (secondary N) is 1. The molecule has 1 aromatic rings. The molecule has 1 rings (SSSR count). The summed E-state index contributed by atoms with van der Waals surface area (Å²) in [6, 6.07) is 3.59. The van der Waals surface area contributed by atoms with Crippen molar-refractivity contribution >= 4 is 11.6 Å². The van der Waals surface area contributed by atoms with Crippen LogP contribution in [0.4, 0.5) is 0 Å². The molecule has 18 heavy (non-hydrogen) atoms. The highest BCUT2D eigenvalue weighted by Gasteiger charge is 2.20. The molecule has 0 radical (unpaired) electrons. The Labute approximate surface area is 111 Å². The molecule has 0 aromatic carbocycles. The topological polar surface area (TPSA) is 71.3 Å². The lowest BCUT2D eigenvalue weighted by Gasteiger charge is -2.21. The molecule has 1 atom stereocenters. The zero-order chi connectivity index (χ0) is 13.5. The van der Waals surface area contributed by atoms with Crippen LogP contribution in [0.3, 0.4) is 0 Å². The molecule has 0 saturated heterocycles. The molecular weight excluding hydrogens is 256 g/mol. The number of aromatic nitrogens is 1. The van der Waals surface area contributed by atoms with E-state index in [1.807, 2.05) is 17.9 Å². The van der Waals surface area contributed by atoms with E-state index in [0.29, 0.717) is 18.2 Å². The lowest BCUT2D eigenvalue weighted by molar-refractivity contribution is -0.529. The Hall–Kier alpha value is -1.24. The molecule has 0 fully saturated rings. The normalized spacial score (nSPS) is 12.7. The zero-order valence-electron chi connectivity index (χ0n) is 10.5. The SMILES string of the molecule is CCN(Cc1ccc(Cl)nc1)CC(NC)[N+](=O)[O-]. The molecule has 1 N–H and O–H groups in total. The van der Waals surface area contributed by atoms with E-state index >= 15 is 0 Å². The average molecular weight is 273 g/mol. The first kappa shape index (κ1) is 14.8. The number of hydrogen-bond donors (Lipinski definition) is 1. The van der Waals surface area contributed by atoms with Crippen molar-refractivity contribution in [1.29, 1.82) is 0 Å². The Bertz CT molecular complexity index is 385. The van der Waals surface area contributed by atoms with Gasteiger partial charge in [0.1, 0.15) is 5.15 Å². The maximum absolute atomic E-state index is 10.8. The molecule has 0 aliphatic carbocycles. The number of halogens is 1. The van der Waals surface area contributed by atoms with Crippen LogP contribution in [-0.2, 0) is 6.54 Å². The maximum Gasteiger partial charge on any atom is 0.278 e. The van der Waals surface area contributed by atoms with E-state index < -0.39 is 6.17 Å². The van der Waals surface area contributed by atoms with E-state index in [2.05, 4.69) is 10.3 Å². The maximum atomic E-state index is 10.8. The Balaban J connectivity index is 2.61. The molecule has 7 heteroatoms. The monoisotopic (exact) mass is 272 g/mol. The minimum Gasteiger partial charge on any atom is -0.291 e. The van der Waals surface area contributed by atoms with Gasteiger partial charge in [0.25, 0.3) is 6.17 Å². The lowest BCUT2D eigenvalue weighted by atomic mass is 10.2. The largest absolute Gasteiger partial charge is 0.291 e. The minimum absolute atomic E-state index is 0.317. The smallest absolute Gasteiger partial charge is 0.278 e. The first-order chi connectivity index (χ1) is 8.56. The van der Waals surface area contributed by atoms with E-state index in [4.69, 9.17) is 11.6 Å². The predicted molar refractivity (Wildman–Crippen MR) is 70.0 cm³/mol. The van der Waals surface area contributed by atoms with Crippen molar-refractivity contribution in [3.05, 3.63) is 39.2 Å². The molecule has 6 nitrogen and oxygen atoms in total. The van der Waals surface area contributed by atoms with Crippen LogP contribution in [0.25, 0.3) is 0 Å². The molecule has 0 saturated carbocycles. The van der Waals surface area contributed by atoms with Crippen molar-refractivity contribution in [2.24, 2.45) is 0 Å². The third-order valence-electron chi connectivity index (χ3n) is 2.66. The lowest BCUT2D eigenvalue weighted by Crippen LogP contribution is -2.44. The third-order valence-corrected chi connectivity index (χ3v) is 2.88. The van der Waals surface area contributed by atoms with Crippen LogP contribution >= 0.6 is 11.6 Å². The van der Waals surface area contributed by atoms with Crippen LogP contribution in [0.2, 0.25) is 5.15 Å². The predicted octanol–water partition coefficient (Wildman–Crippen LogP) is 1.38. The summed E-state index contributed by atoms with van der Waals surface area (Å²) in [5.74, 6) is 0. The fourth-order valence-corrected chi connectivity index (χ4v) is 1.68. The van der Waals surface area contributed by atoms with Gasteiger partial charge in [-0.2, -0.15) is 0 Å². The average Bonchev–Trinajstić information content (AvgIpc) is 2.36. The molecule has 1 unspecified atom stereocenters. The van der Waals surface area contributed by atoms with Crippen molar-refractivity contribution in [3.8, 4) is 0 Å². The van der Waals surface area contributed by atoms with Gasteiger partial charge in [-0.05, 0) is 25.2 Å². The molecule has 1 heterocycles. The standard InChI is InChI=1S/C11H17ClN4O2/c1-3-15(8-11(13-2)16(17)18)7-9-4-5-10(12)14-6-9/h4-6,11,13H,3,7-8H2,1-2H3. The second-order valence-corrected chi connectivity index (χ2v) is 4.29. The molecule has 100 valence electrons. The van der Waals surface area contributed by atoms with Crippen LogP contribution in [0, 0.1) is 10.1 Å². The molecule has 0 aliphatic rings. The number of pyridine rings is 1. The van der Waals surface area contributed by atoms with Gasteiger partial charge in [0, 0.05) is 17.7 Å². The molecule has 0 bridgehead atoms. The number of nitro groups is 1. The quantitative estimate of drug-likeness (QED) is 0.351. The molecular formula is C11H17ClN4O2. The van der Waals surface area contributed by atoms with Crippen molar-refractivity contribution in [2.45, 2.75) is 19.6 Å². The van der Waals surface area contributed by atoms with E-state index in [9.17, 15) is 10.1 Å². The van der Waals surface area contributed by atoms with Gasteiger partial charge in [-0.15, -0.1) is 0 Å². The second-order valence-electron chi connectivity index (χ2n) is 3.91.